The number of hydrogen-bond donors (Lipinski definition) is 0. The van der Waals surface area contributed by atoms with Gasteiger partial charge in [0.2, 0.25) is 0 Å². The molecular weight excluding hydrogens is 244 g/mol. The van der Waals surface area contributed by atoms with Crippen LogP contribution < -0.4 is 4.90 Å². The summed E-state index contributed by atoms with van der Waals surface area (Å²) in [5, 5.41) is 0. The van der Waals surface area contributed by atoms with E-state index in [1.165, 1.54) is 43.5 Å². The van der Waals surface area contributed by atoms with Gasteiger partial charge in [-0.2, -0.15) is 0 Å². The summed E-state index contributed by atoms with van der Waals surface area (Å²) in [7, 11) is 2.27. The second-order valence-corrected chi connectivity index (χ2v) is 7.42. The Morgan fingerprint density at radius 1 is 1.10 bits per heavy atom. The van der Waals surface area contributed by atoms with Gasteiger partial charge in [0.25, 0.3) is 0 Å². The topological polar surface area (TPSA) is 6.48 Å². The Hall–Kier alpha value is -1.02. The molecule has 1 saturated heterocycles. The van der Waals surface area contributed by atoms with Gasteiger partial charge in [-0.3, -0.25) is 4.90 Å². The SMILES string of the molecule is CN(c1ccccc1C1CCCN1C(C)(C)C)C1CC1. The zero-order chi connectivity index (χ0) is 14.3. The highest BCUT2D eigenvalue weighted by Gasteiger charge is 2.36. The van der Waals surface area contributed by atoms with Crippen molar-refractivity contribution in [2.75, 3.05) is 18.5 Å². The van der Waals surface area contributed by atoms with E-state index in [-0.39, 0.29) is 5.54 Å². The number of hydrogen-bond acceptors (Lipinski definition) is 2. The Bertz CT molecular complexity index is 471. The standard InChI is InChI=1S/C18H28N2/c1-18(2,3)20-13-7-10-17(20)15-8-5-6-9-16(15)19(4)14-11-12-14/h5-6,8-9,14,17H,7,10-13H2,1-4H3. The molecule has 0 spiro atoms. The van der Waals surface area contributed by atoms with E-state index in [0.717, 1.165) is 6.04 Å². The third kappa shape index (κ3) is 2.58. The molecular formula is C18H28N2. The Kier molecular flexibility index (Phi) is 3.53. The lowest BCUT2D eigenvalue weighted by Crippen LogP contribution is -2.41. The van der Waals surface area contributed by atoms with Crippen molar-refractivity contribution in [3.63, 3.8) is 0 Å². The molecule has 0 N–H and O–H groups in total. The third-order valence-corrected chi connectivity index (χ3v) is 4.88. The molecule has 1 aromatic rings. The van der Waals surface area contributed by atoms with E-state index in [1.807, 2.05) is 0 Å². The molecule has 0 bridgehead atoms. The molecule has 0 amide bonds. The maximum Gasteiger partial charge on any atom is 0.0414 e. The first kappa shape index (κ1) is 13.9. The smallest absolute Gasteiger partial charge is 0.0414 e. The number of nitrogens with zero attached hydrogens (tertiary/aromatic N) is 2. The first-order valence-corrected chi connectivity index (χ1v) is 8.07. The van der Waals surface area contributed by atoms with Gasteiger partial charge in [-0.25, -0.2) is 0 Å². The molecule has 2 heteroatoms. The minimum Gasteiger partial charge on any atom is -0.371 e. The average molecular weight is 272 g/mol. The third-order valence-electron chi connectivity index (χ3n) is 4.88. The van der Waals surface area contributed by atoms with Gasteiger partial charge in [0.05, 0.1) is 0 Å². The van der Waals surface area contributed by atoms with E-state index >= 15 is 0 Å². The monoisotopic (exact) mass is 272 g/mol. The molecule has 2 aliphatic rings. The largest absolute Gasteiger partial charge is 0.371 e. The molecule has 20 heavy (non-hydrogen) atoms. The van der Waals surface area contributed by atoms with E-state index in [9.17, 15) is 0 Å². The van der Waals surface area contributed by atoms with Crippen LogP contribution >= 0.6 is 0 Å². The number of rotatable bonds is 3. The van der Waals surface area contributed by atoms with Crippen LogP contribution in [0.25, 0.3) is 0 Å². The normalized spacial score (nSPS) is 24.1. The Balaban J connectivity index is 1.93. The van der Waals surface area contributed by atoms with Crippen LogP contribution in [0.5, 0.6) is 0 Å². The summed E-state index contributed by atoms with van der Waals surface area (Å²) < 4.78 is 0. The van der Waals surface area contributed by atoms with E-state index in [0.29, 0.717) is 6.04 Å². The Morgan fingerprint density at radius 2 is 1.80 bits per heavy atom. The van der Waals surface area contributed by atoms with E-state index in [2.05, 4.69) is 61.9 Å². The van der Waals surface area contributed by atoms with Crippen LogP contribution in [0, 0.1) is 0 Å². The summed E-state index contributed by atoms with van der Waals surface area (Å²) >= 11 is 0. The first-order valence-electron chi connectivity index (χ1n) is 8.07. The highest BCUT2D eigenvalue weighted by Crippen LogP contribution is 2.42. The van der Waals surface area contributed by atoms with Crippen LogP contribution in [0.2, 0.25) is 0 Å². The maximum absolute atomic E-state index is 2.69. The first-order chi connectivity index (χ1) is 9.48. The summed E-state index contributed by atoms with van der Waals surface area (Å²) in [6.45, 7) is 8.27. The van der Waals surface area contributed by atoms with Crippen molar-refractivity contribution in [2.24, 2.45) is 0 Å². The molecule has 1 unspecified atom stereocenters. The molecule has 0 aromatic heterocycles. The summed E-state index contributed by atoms with van der Waals surface area (Å²) in [5.41, 5.74) is 3.25. The van der Waals surface area contributed by atoms with Gasteiger partial charge in [0.15, 0.2) is 0 Å². The molecule has 110 valence electrons. The highest BCUT2D eigenvalue weighted by atomic mass is 15.2. The lowest BCUT2D eigenvalue weighted by Gasteiger charge is -2.38. The molecule has 1 saturated carbocycles. The fourth-order valence-electron chi connectivity index (χ4n) is 3.64. The number of anilines is 1. The predicted molar refractivity (Wildman–Crippen MR) is 86.3 cm³/mol. The summed E-state index contributed by atoms with van der Waals surface area (Å²) in [6, 6.07) is 10.4. The number of para-hydroxylation sites is 1. The van der Waals surface area contributed by atoms with Crippen LogP contribution in [-0.2, 0) is 0 Å². The van der Waals surface area contributed by atoms with Crippen molar-refractivity contribution >= 4 is 5.69 Å². The van der Waals surface area contributed by atoms with Gasteiger partial charge in [0, 0.05) is 30.4 Å². The van der Waals surface area contributed by atoms with Crippen LogP contribution in [0.15, 0.2) is 24.3 Å². The molecule has 2 fully saturated rings. The van der Waals surface area contributed by atoms with Crippen molar-refractivity contribution in [1.82, 2.24) is 4.90 Å². The number of likely N-dealkylation sites (tertiary alicyclic amines) is 1. The van der Waals surface area contributed by atoms with Crippen molar-refractivity contribution < 1.29 is 0 Å². The van der Waals surface area contributed by atoms with Crippen molar-refractivity contribution in [3.8, 4) is 0 Å². The van der Waals surface area contributed by atoms with Gasteiger partial charge in [-0.1, -0.05) is 18.2 Å². The van der Waals surface area contributed by atoms with Gasteiger partial charge >= 0.3 is 0 Å². The van der Waals surface area contributed by atoms with Crippen LogP contribution in [0.1, 0.15) is 58.1 Å². The van der Waals surface area contributed by atoms with Crippen LogP contribution in [0.4, 0.5) is 5.69 Å². The quantitative estimate of drug-likeness (QED) is 0.813. The van der Waals surface area contributed by atoms with Gasteiger partial charge in [0.1, 0.15) is 0 Å². The summed E-state index contributed by atoms with van der Waals surface area (Å²) in [6.07, 6.45) is 5.34. The molecule has 1 aliphatic carbocycles. The lowest BCUT2D eigenvalue weighted by atomic mass is 9.97. The molecule has 0 radical (unpaired) electrons. The maximum atomic E-state index is 2.69. The zero-order valence-corrected chi connectivity index (χ0v) is 13.4. The van der Waals surface area contributed by atoms with E-state index in [1.54, 1.807) is 0 Å². The summed E-state index contributed by atoms with van der Waals surface area (Å²) in [5.74, 6) is 0. The molecule has 1 aromatic carbocycles. The zero-order valence-electron chi connectivity index (χ0n) is 13.4. The highest BCUT2D eigenvalue weighted by molar-refractivity contribution is 5.56. The molecule has 1 aliphatic heterocycles. The lowest BCUT2D eigenvalue weighted by molar-refractivity contribution is 0.122. The second-order valence-electron chi connectivity index (χ2n) is 7.42. The van der Waals surface area contributed by atoms with Crippen LogP contribution in [0.3, 0.4) is 0 Å². The minimum atomic E-state index is 0.256. The average Bonchev–Trinajstić information content (AvgIpc) is 3.13. The van der Waals surface area contributed by atoms with Crippen molar-refractivity contribution in [1.29, 1.82) is 0 Å². The van der Waals surface area contributed by atoms with Gasteiger partial charge < -0.3 is 4.90 Å². The molecule has 2 nitrogen and oxygen atoms in total. The fraction of sp³-hybridized carbons (Fsp3) is 0.667. The summed E-state index contributed by atoms with van der Waals surface area (Å²) in [4.78, 5) is 5.20. The minimum absolute atomic E-state index is 0.256. The molecule has 1 heterocycles. The second kappa shape index (κ2) is 5.07. The fourth-order valence-corrected chi connectivity index (χ4v) is 3.64. The van der Waals surface area contributed by atoms with Gasteiger partial charge in [-0.15, -0.1) is 0 Å². The molecule has 1 atom stereocenters. The van der Waals surface area contributed by atoms with Crippen molar-refractivity contribution in [3.05, 3.63) is 29.8 Å². The van der Waals surface area contributed by atoms with Gasteiger partial charge in [-0.05, 0) is 64.6 Å². The predicted octanol–water partition coefficient (Wildman–Crippen LogP) is 4.22. The van der Waals surface area contributed by atoms with E-state index in [4.69, 9.17) is 0 Å². The van der Waals surface area contributed by atoms with Crippen molar-refractivity contribution in [2.45, 2.75) is 64.1 Å². The Labute approximate surface area is 123 Å². The van der Waals surface area contributed by atoms with E-state index < -0.39 is 0 Å². The molecule has 3 rings (SSSR count). The Morgan fingerprint density at radius 3 is 2.45 bits per heavy atom. The van der Waals surface area contributed by atoms with Crippen LogP contribution in [-0.4, -0.2) is 30.1 Å². The number of benzene rings is 1.